The fourth-order valence-corrected chi connectivity index (χ4v) is 2.68. The zero-order chi connectivity index (χ0) is 21.1. The van der Waals surface area contributed by atoms with Crippen LogP contribution in [0, 0.1) is 0 Å². The quantitative estimate of drug-likeness (QED) is 0.581. The number of nitrogens with one attached hydrogen (secondary N) is 2. The fourth-order valence-electron chi connectivity index (χ4n) is 2.68. The lowest BCUT2D eigenvalue weighted by Gasteiger charge is -2.08. The first-order valence-electron chi connectivity index (χ1n) is 8.80. The highest BCUT2D eigenvalue weighted by molar-refractivity contribution is 6.09. The Hall–Kier alpha value is -3.95. The number of carbonyl (C=O) groups is 3. The van der Waals surface area contributed by atoms with Crippen LogP contribution < -0.4 is 10.6 Å². The second-order valence-corrected chi connectivity index (χ2v) is 6.61. The number of carboxylic acid groups (broad SMARTS) is 1. The Morgan fingerprint density at radius 1 is 1.07 bits per heavy atom. The number of hydrogen-bond donors (Lipinski definition) is 3. The van der Waals surface area contributed by atoms with Crippen LogP contribution in [0.4, 0.5) is 5.69 Å². The van der Waals surface area contributed by atoms with Gasteiger partial charge >= 0.3 is 5.97 Å². The Kier molecular flexibility index (Phi) is 5.44. The van der Waals surface area contributed by atoms with Crippen LogP contribution >= 0.6 is 0 Å². The molecule has 3 aromatic rings. The number of carbonyl (C=O) groups excluding carboxylic acids is 2. The number of carboxylic acids is 1. The van der Waals surface area contributed by atoms with E-state index < -0.39 is 11.9 Å². The van der Waals surface area contributed by atoms with Gasteiger partial charge in [-0.1, -0.05) is 0 Å². The lowest BCUT2D eigenvalue weighted by atomic mass is 10.2. The predicted octanol–water partition coefficient (Wildman–Crippen LogP) is 1.69. The van der Waals surface area contributed by atoms with E-state index in [1.54, 1.807) is 41.2 Å². The first-order valence-corrected chi connectivity index (χ1v) is 8.80. The van der Waals surface area contributed by atoms with Crippen LogP contribution in [0.25, 0.3) is 5.69 Å². The van der Waals surface area contributed by atoms with Gasteiger partial charge in [0.1, 0.15) is 11.3 Å². The molecule has 3 rings (SSSR count). The van der Waals surface area contributed by atoms with Crippen molar-refractivity contribution in [3.63, 3.8) is 0 Å². The molecule has 0 unspecified atom stereocenters. The zero-order valence-corrected chi connectivity index (χ0v) is 16.1. The lowest BCUT2D eigenvalue weighted by molar-refractivity contribution is 0.0692. The van der Waals surface area contributed by atoms with Crippen LogP contribution in [0.3, 0.4) is 0 Å². The highest BCUT2D eigenvalue weighted by Gasteiger charge is 2.21. The summed E-state index contributed by atoms with van der Waals surface area (Å²) in [7, 11) is 1.50. The molecule has 2 heterocycles. The zero-order valence-electron chi connectivity index (χ0n) is 16.1. The van der Waals surface area contributed by atoms with Crippen molar-refractivity contribution in [3.05, 3.63) is 59.7 Å². The number of hydrogen-bond acceptors (Lipinski definition) is 5. The van der Waals surface area contributed by atoms with Crippen LogP contribution in [0.1, 0.15) is 45.2 Å². The average molecular weight is 396 g/mol. The first-order chi connectivity index (χ1) is 13.8. The van der Waals surface area contributed by atoms with Crippen molar-refractivity contribution < 1.29 is 19.5 Å². The SMILES string of the molecule is CC(C)NC(=O)c1ccn(-c2ccc(NC(=O)c3c(C(=O)O)cnn3C)cc2)n1. The number of anilines is 1. The van der Waals surface area contributed by atoms with E-state index >= 15 is 0 Å². The number of amides is 2. The monoisotopic (exact) mass is 396 g/mol. The lowest BCUT2D eigenvalue weighted by Crippen LogP contribution is -2.30. The van der Waals surface area contributed by atoms with Gasteiger partial charge in [-0.3, -0.25) is 14.3 Å². The minimum Gasteiger partial charge on any atom is -0.478 e. The number of aromatic nitrogens is 4. The molecule has 3 N–H and O–H groups in total. The number of aryl methyl sites for hydroxylation is 1. The summed E-state index contributed by atoms with van der Waals surface area (Å²) in [4.78, 5) is 35.7. The number of aromatic carboxylic acids is 1. The summed E-state index contributed by atoms with van der Waals surface area (Å²) >= 11 is 0. The summed E-state index contributed by atoms with van der Waals surface area (Å²) in [5.74, 6) is -2.07. The van der Waals surface area contributed by atoms with E-state index in [4.69, 9.17) is 0 Å². The van der Waals surface area contributed by atoms with Gasteiger partial charge in [-0.15, -0.1) is 0 Å². The summed E-state index contributed by atoms with van der Waals surface area (Å²) in [5, 5.41) is 22.7. The van der Waals surface area contributed by atoms with E-state index in [1.807, 2.05) is 13.8 Å². The maximum absolute atomic E-state index is 12.4. The molecule has 2 amide bonds. The molecule has 150 valence electrons. The molecule has 2 aromatic heterocycles. The average Bonchev–Trinajstić information content (AvgIpc) is 3.29. The second kappa shape index (κ2) is 7.97. The van der Waals surface area contributed by atoms with Gasteiger partial charge < -0.3 is 15.7 Å². The Labute approximate surface area is 166 Å². The third-order valence-corrected chi connectivity index (χ3v) is 4.02. The summed E-state index contributed by atoms with van der Waals surface area (Å²) in [5.41, 5.74) is 1.24. The van der Waals surface area contributed by atoms with E-state index in [9.17, 15) is 19.5 Å². The summed E-state index contributed by atoms with van der Waals surface area (Å²) in [6.45, 7) is 3.74. The number of nitrogens with zero attached hydrogens (tertiary/aromatic N) is 4. The van der Waals surface area contributed by atoms with Gasteiger partial charge in [0, 0.05) is 25.0 Å². The van der Waals surface area contributed by atoms with Crippen LogP contribution in [0.2, 0.25) is 0 Å². The van der Waals surface area contributed by atoms with E-state index in [0.29, 0.717) is 17.1 Å². The maximum Gasteiger partial charge on any atom is 0.339 e. The molecular weight excluding hydrogens is 376 g/mol. The number of rotatable bonds is 6. The van der Waals surface area contributed by atoms with Crippen LogP contribution in [0.15, 0.2) is 42.7 Å². The highest BCUT2D eigenvalue weighted by atomic mass is 16.4. The largest absolute Gasteiger partial charge is 0.478 e. The molecule has 0 saturated carbocycles. The van der Waals surface area contributed by atoms with E-state index in [-0.39, 0.29) is 23.2 Å². The molecule has 0 aliphatic rings. The molecule has 0 saturated heterocycles. The van der Waals surface area contributed by atoms with Crippen LogP contribution in [-0.4, -0.2) is 48.5 Å². The van der Waals surface area contributed by atoms with Gasteiger partial charge in [-0.25, -0.2) is 9.48 Å². The van der Waals surface area contributed by atoms with Gasteiger partial charge in [0.05, 0.1) is 11.9 Å². The Morgan fingerprint density at radius 3 is 2.38 bits per heavy atom. The van der Waals surface area contributed by atoms with Gasteiger partial charge in [0.25, 0.3) is 11.8 Å². The fraction of sp³-hybridized carbons (Fsp3) is 0.211. The molecule has 10 heteroatoms. The molecule has 0 atom stereocenters. The molecule has 0 bridgehead atoms. The smallest absolute Gasteiger partial charge is 0.339 e. The minimum absolute atomic E-state index is 0.0108. The normalized spacial score (nSPS) is 10.8. The summed E-state index contributed by atoms with van der Waals surface area (Å²) < 4.78 is 2.76. The van der Waals surface area contributed by atoms with Crippen molar-refractivity contribution in [1.29, 1.82) is 0 Å². The first kappa shape index (κ1) is 19.8. The van der Waals surface area contributed by atoms with Crippen molar-refractivity contribution >= 4 is 23.5 Å². The summed E-state index contributed by atoms with van der Waals surface area (Å²) in [6, 6.07) is 8.36. The standard InChI is InChI=1S/C19H20N6O4/c1-11(2)21-17(26)15-8-9-25(23-15)13-6-4-12(5-7-13)22-18(27)16-14(19(28)29)10-20-24(16)3/h4-11H,1-3H3,(H,21,26)(H,22,27)(H,28,29). The second-order valence-electron chi connectivity index (χ2n) is 6.61. The molecule has 10 nitrogen and oxygen atoms in total. The molecule has 0 spiro atoms. The topological polar surface area (TPSA) is 131 Å². The van der Waals surface area contributed by atoms with Crippen molar-refractivity contribution in [2.45, 2.75) is 19.9 Å². The molecule has 0 aliphatic carbocycles. The molecule has 29 heavy (non-hydrogen) atoms. The minimum atomic E-state index is -1.23. The van der Waals surface area contributed by atoms with Crippen molar-refractivity contribution in [2.24, 2.45) is 7.05 Å². The molecule has 0 aliphatic heterocycles. The third-order valence-electron chi connectivity index (χ3n) is 4.02. The van der Waals surface area contributed by atoms with E-state index in [0.717, 1.165) is 6.20 Å². The Balaban J connectivity index is 1.74. The van der Waals surface area contributed by atoms with Crippen LogP contribution in [-0.2, 0) is 7.05 Å². The maximum atomic E-state index is 12.4. The summed E-state index contributed by atoms with van der Waals surface area (Å²) in [6.07, 6.45) is 2.79. The van der Waals surface area contributed by atoms with Gasteiger partial charge in [-0.05, 0) is 44.2 Å². The number of benzene rings is 1. The van der Waals surface area contributed by atoms with Crippen LogP contribution in [0.5, 0.6) is 0 Å². The van der Waals surface area contributed by atoms with Crippen molar-refractivity contribution in [3.8, 4) is 5.69 Å². The van der Waals surface area contributed by atoms with E-state index in [2.05, 4.69) is 20.8 Å². The molecule has 0 radical (unpaired) electrons. The van der Waals surface area contributed by atoms with Crippen molar-refractivity contribution in [1.82, 2.24) is 24.9 Å². The molecule has 1 aromatic carbocycles. The Morgan fingerprint density at radius 2 is 1.76 bits per heavy atom. The van der Waals surface area contributed by atoms with Gasteiger partial charge in [0.2, 0.25) is 0 Å². The van der Waals surface area contributed by atoms with Gasteiger partial charge in [0.15, 0.2) is 5.69 Å². The van der Waals surface area contributed by atoms with Gasteiger partial charge in [-0.2, -0.15) is 10.2 Å². The van der Waals surface area contributed by atoms with E-state index in [1.165, 1.54) is 11.7 Å². The molecular formula is C19H20N6O4. The molecule has 0 fully saturated rings. The highest BCUT2D eigenvalue weighted by Crippen LogP contribution is 2.16. The Bertz CT molecular complexity index is 1060. The van der Waals surface area contributed by atoms with Crippen molar-refractivity contribution in [2.75, 3.05) is 5.32 Å². The third kappa shape index (κ3) is 4.32. The predicted molar refractivity (Wildman–Crippen MR) is 104 cm³/mol.